The van der Waals surface area contributed by atoms with Gasteiger partial charge in [-0.1, -0.05) is 52.3 Å². The van der Waals surface area contributed by atoms with Gasteiger partial charge in [-0.05, 0) is 54.1 Å². The number of nitro groups is 1. The van der Waals surface area contributed by atoms with Gasteiger partial charge in [0.25, 0.3) is 5.56 Å². The predicted octanol–water partition coefficient (Wildman–Crippen LogP) is 7.21. The number of aromatic nitrogens is 2. The molecule has 41 heavy (non-hydrogen) atoms. The number of hydrogen-bond donors (Lipinski definition) is 0. The predicted molar refractivity (Wildman–Crippen MR) is 151 cm³/mol. The van der Waals surface area contributed by atoms with E-state index in [2.05, 4.69) is 26.0 Å². The van der Waals surface area contributed by atoms with Crippen LogP contribution >= 0.6 is 15.9 Å². The van der Waals surface area contributed by atoms with E-state index in [0.717, 1.165) is 26.8 Å². The second kappa shape index (κ2) is 11.3. The van der Waals surface area contributed by atoms with Crippen molar-refractivity contribution in [2.75, 3.05) is 0 Å². The van der Waals surface area contributed by atoms with Gasteiger partial charge in [-0.2, -0.15) is 22.9 Å². The van der Waals surface area contributed by atoms with Crippen LogP contribution in [0.5, 0.6) is 5.75 Å². The maximum atomic E-state index is 13.4. The van der Waals surface area contributed by atoms with E-state index in [1.54, 1.807) is 18.2 Å². The molecular weight excluding hydrogens is 605 g/mol. The summed E-state index contributed by atoms with van der Waals surface area (Å²) in [6.45, 7) is 0.0973. The number of halogens is 4. The van der Waals surface area contributed by atoms with Crippen molar-refractivity contribution < 1.29 is 22.8 Å². The third-order valence-corrected chi connectivity index (χ3v) is 6.54. The Labute approximate surface area is 238 Å². The van der Waals surface area contributed by atoms with E-state index >= 15 is 0 Å². The fourth-order valence-corrected chi connectivity index (χ4v) is 4.26. The highest BCUT2D eigenvalue weighted by atomic mass is 79.9. The molecule has 0 aliphatic carbocycles. The van der Waals surface area contributed by atoms with E-state index in [4.69, 9.17) is 4.74 Å². The molecule has 0 bridgehead atoms. The highest BCUT2D eigenvalue weighted by Crippen LogP contribution is 2.32. The molecule has 0 fully saturated rings. The van der Waals surface area contributed by atoms with E-state index in [1.807, 2.05) is 24.3 Å². The summed E-state index contributed by atoms with van der Waals surface area (Å²) in [5.41, 5.74) is -0.512. The summed E-state index contributed by atoms with van der Waals surface area (Å²) in [4.78, 5) is 28.9. The second-order valence-electron chi connectivity index (χ2n) is 8.79. The molecule has 0 aliphatic rings. The number of alkyl halides is 3. The fraction of sp³-hybridized carbons (Fsp3) is 0.0690. The van der Waals surface area contributed by atoms with Crippen LogP contribution in [0.4, 0.5) is 18.9 Å². The standard InChI is InChI=1S/C29H18BrF3N4O4/c30-22-11-8-18(9-12-22)17-41-26-13-10-19(14-25(26)37(39)40)16-34-36-27(20-4-3-5-21(15-20)29(31,32)33)35-24-7-2-1-6-23(24)28(36)38/h1-16H,17H2. The van der Waals surface area contributed by atoms with Crippen LogP contribution in [0, 0.1) is 10.1 Å². The molecule has 1 aromatic heterocycles. The average Bonchev–Trinajstić information content (AvgIpc) is 2.96. The van der Waals surface area contributed by atoms with Crippen molar-refractivity contribution in [3.63, 3.8) is 0 Å². The molecule has 206 valence electrons. The molecule has 0 saturated carbocycles. The molecule has 0 radical (unpaired) electrons. The van der Waals surface area contributed by atoms with Crippen molar-refractivity contribution in [1.29, 1.82) is 0 Å². The number of nitrogens with zero attached hydrogens (tertiary/aromatic N) is 4. The van der Waals surface area contributed by atoms with Crippen molar-refractivity contribution >= 4 is 38.7 Å². The Morgan fingerprint density at radius 1 is 1.00 bits per heavy atom. The molecule has 0 unspecified atom stereocenters. The average molecular weight is 623 g/mol. The largest absolute Gasteiger partial charge is 0.482 e. The van der Waals surface area contributed by atoms with Crippen LogP contribution < -0.4 is 10.3 Å². The molecular formula is C29H18BrF3N4O4. The van der Waals surface area contributed by atoms with Crippen LogP contribution in [-0.4, -0.2) is 20.8 Å². The Balaban J connectivity index is 1.54. The van der Waals surface area contributed by atoms with Gasteiger partial charge in [0, 0.05) is 21.7 Å². The highest BCUT2D eigenvalue weighted by molar-refractivity contribution is 9.10. The number of ether oxygens (including phenoxy) is 1. The number of hydrogen-bond acceptors (Lipinski definition) is 6. The topological polar surface area (TPSA) is 99.6 Å². The molecule has 1 heterocycles. The van der Waals surface area contributed by atoms with Gasteiger partial charge in [-0.25, -0.2) is 4.98 Å². The first-order valence-electron chi connectivity index (χ1n) is 12.0. The number of rotatable bonds is 7. The van der Waals surface area contributed by atoms with E-state index in [1.165, 1.54) is 42.6 Å². The van der Waals surface area contributed by atoms with Crippen LogP contribution in [0.25, 0.3) is 22.3 Å². The summed E-state index contributed by atoms with van der Waals surface area (Å²) in [7, 11) is 0. The van der Waals surface area contributed by atoms with Crippen LogP contribution in [0.3, 0.4) is 0 Å². The van der Waals surface area contributed by atoms with Gasteiger partial charge in [0.2, 0.25) is 0 Å². The number of para-hydroxylation sites is 1. The lowest BCUT2D eigenvalue weighted by Crippen LogP contribution is -2.20. The summed E-state index contributed by atoms with van der Waals surface area (Å²) in [6, 6.07) is 22.2. The maximum absolute atomic E-state index is 13.4. The number of fused-ring (bicyclic) bond motifs is 1. The van der Waals surface area contributed by atoms with Gasteiger partial charge in [-0.3, -0.25) is 14.9 Å². The van der Waals surface area contributed by atoms with Gasteiger partial charge < -0.3 is 4.74 Å². The Kier molecular flexibility index (Phi) is 7.66. The molecule has 8 nitrogen and oxygen atoms in total. The van der Waals surface area contributed by atoms with E-state index in [-0.39, 0.29) is 45.9 Å². The lowest BCUT2D eigenvalue weighted by molar-refractivity contribution is -0.385. The third-order valence-electron chi connectivity index (χ3n) is 6.01. The normalized spacial score (nSPS) is 11.7. The van der Waals surface area contributed by atoms with Crippen molar-refractivity contribution in [2.45, 2.75) is 12.8 Å². The Morgan fingerprint density at radius 3 is 2.49 bits per heavy atom. The van der Waals surface area contributed by atoms with Crippen molar-refractivity contribution in [1.82, 2.24) is 9.66 Å². The molecule has 5 aromatic rings. The Bertz CT molecular complexity index is 1850. The molecule has 0 amide bonds. The maximum Gasteiger partial charge on any atom is 0.416 e. The minimum atomic E-state index is -4.61. The monoisotopic (exact) mass is 622 g/mol. The van der Waals surface area contributed by atoms with Crippen LogP contribution in [-0.2, 0) is 12.8 Å². The fourth-order valence-electron chi connectivity index (χ4n) is 4.00. The zero-order chi connectivity index (χ0) is 29.1. The summed E-state index contributed by atoms with van der Waals surface area (Å²) in [6.07, 6.45) is -3.41. The number of benzene rings is 4. The van der Waals surface area contributed by atoms with Gasteiger partial charge in [-0.15, -0.1) is 0 Å². The summed E-state index contributed by atoms with van der Waals surface area (Å²) < 4.78 is 47.6. The third kappa shape index (κ3) is 6.17. The first kappa shape index (κ1) is 27.7. The van der Waals surface area contributed by atoms with Gasteiger partial charge in [0.15, 0.2) is 11.6 Å². The number of nitro benzene ring substituents is 1. The van der Waals surface area contributed by atoms with E-state index in [0.29, 0.717) is 0 Å². The second-order valence-corrected chi connectivity index (χ2v) is 9.71. The van der Waals surface area contributed by atoms with E-state index < -0.39 is 22.2 Å². The first-order valence-corrected chi connectivity index (χ1v) is 12.8. The minimum absolute atomic E-state index is 0.0162. The zero-order valence-electron chi connectivity index (χ0n) is 20.9. The minimum Gasteiger partial charge on any atom is -0.482 e. The molecule has 0 spiro atoms. The molecule has 0 N–H and O–H groups in total. The molecule has 0 saturated heterocycles. The first-order chi connectivity index (χ1) is 19.6. The highest BCUT2D eigenvalue weighted by Gasteiger charge is 2.31. The lowest BCUT2D eigenvalue weighted by Gasteiger charge is -2.12. The van der Waals surface area contributed by atoms with Crippen molar-refractivity contribution in [3.8, 4) is 17.1 Å². The summed E-state index contributed by atoms with van der Waals surface area (Å²) >= 11 is 3.34. The lowest BCUT2D eigenvalue weighted by atomic mass is 10.1. The van der Waals surface area contributed by atoms with Crippen molar-refractivity contribution in [2.24, 2.45) is 5.10 Å². The molecule has 4 aromatic carbocycles. The smallest absolute Gasteiger partial charge is 0.416 e. The molecule has 5 rings (SSSR count). The van der Waals surface area contributed by atoms with Gasteiger partial charge in [0.1, 0.15) is 6.61 Å². The van der Waals surface area contributed by atoms with Crippen LogP contribution in [0.15, 0.2) is 105 Å². The summed E-state index contributed by atoms with van der Waals surface area (Å²) in [5, 5.41) is 16.2. The molecule has 12 heteroatoms. The quantitative estimate of drug-likeness (QED) is 0.108. The summed E-state index contributed by atoms with van der Waals surface area (Å²) in [5.74, 6) is -0.0933. The molecule has 0 atom stereocenters. The van der Waals surface area contributed by atoms with Crippen LogP contribution in [0.2, 0.25) is 0 Å². The van der Waals surface area contributed by atoms with Gasteiger partial charge in [0.05, 0.1) is 27.6 Å². The Morgan fingerprint density at radius 2 is 1.76 bits per heavy atom. The van der Waals surface area contributed by atoms with Gasteiger partial charge >= 0.3 is 11.9 Å². The Hall–Kier alpha value is -4.84. The SMILES string of the molecule is O=c1c2ccccc2nc(-c2cccc(C(F)(F)F)c2)n1N=Cc1ccc(OCc2ccc(Br)cc2)c([N+](=O)[O-])c1. The zero-order valence-corrected chi connectivity index (χ0v) is 22.5. The van der Waals surface area contributed by atoms with Crippen molar-refractivity contribution in [3.05, 3.63) is 133 Å². The van der Waals surface area contributed by atoms with Crippen LogP contribution in [0.1, 0.15) is 16.7 Å². The van der Waals surface area contributed by atoms with E-state index in [9.17, 15) is 28.1 Å². The molecule has 0 aliphatic heterocycles.